The van der Waals surface area contributed by atoms with Crippen LogP contribution in [0.1, 0.15) is 26.8 Å². The molecular weight excluding hydrogens is 442 g/mol. The van der Waals surface area contributed by atoms with Gasteiger partial charge in [0.2, 0.25) is 5.72 Å². The summed E-state index contributed by atoms with van der Waals surface area (Å²) < 4.78 is 81.9. The van der Waals surface area contributed by atoms with Crippen molar-refractivity contribution in [3.05, 3.63) is 57.8 Å². The van der Waals surface area contributed by atoms with Gasteiger partial charge in [-0.2, -0.15) is 26.3 Å². The second kappa shape index (κ2) is 7.26. The monoisotopic (exact) mass is 454 g/mol. The van der Waals surface area contributed by atoms with Crippen LogP contribution in [0, 0.1) is 5.92 Å². The predicted molar refractivity (Wildman–Crippen MR) is 96.2 cm³/mol. The van der Waals surface area contributed by atoms with E-state index in [1.54, 1.807) is 5.32 Å². The van der Waals surface area contributed by atoms with Crippen LogP contribution >= 0.6 is 23.6 Å². The lowest BCUT2D eigenvalue weighted by molar-refractivity contribution is -0.285. The molecule has 156 valence electrons. The summed E-state index contributed by atoms with van der Waals surface area (Å²) in [6.45, 7) is 0. The van der Waals surface area contributed by atoms with E-state index in [1.807, 2.05) is 0 Å². The zero-order chi connectivity index (χ0) is 21.6. The van der Waals surface area contributed by atoms with Crippen molar-refractivity contribution < 1.29 is 36.2 Å². The number of carbonyl (C=O) groups is 1. The first-order chi connectivity index (χ1) is 13.4. The van der Waals surface area contributed by atoms with E-state index in [9.17, 15) is 36.2 Å². The van der Waals surface area contributed by atoms with Gasteiger partial charge >= 0.3 is 12.4 Å². The highest BCUT2D eigenvalue weighted by molar-refractivity contribution is 7.80. The van der Waals surface area contributed by atoms with E-state index in [4.69, 9.17) is 12.2 Å². The fourth-order valence-electron chi connectivity index (χ4n) is 3.20. The van der Waals surface area contributed by atoms with Crippen LogP contribution in [0.25, 0.3) is 0 Å². The van der Waals surface area contributed by atoms with E-state index in [1.165, 1.54) is 23.6 Å². The van der Waals surface area contributed by atoms with E-state index in [0.717, 1.165) is 23.5 Å². The Hall–Kier alpha value is -2.18. The second-order valence-corrected chi connectivity index (χ2v) is 7.60. The average Bonchev–Trinajstić information content (AvgIpc) is 3.13. The number of benzene rings is 1. The van der Waals surface area contributed by atoms with Gasteiger partial charge in [0.15, 0.2) is 10.9 Å². The average molecular weight is 454 g/mol. The number of ketones is 1. The molecule has 0 amide bonds. The van der Waals surface area contributed by atoms with Crippen molar-refractivity contribution in [1.82, 2.24) is 10.6 Å². The maximum absolute atomic E-state index is 13.8. The zero-order valence-corrected chi connectivity index (χ0v) is 15.8. The number of hydrogen-bond donors (Lipinski definition) is 3. The number of alkyl halides is 6. The van der Waals surface area contributed by atoms with Crippen LogP contribution in [0.15, 0.2) is 41.8 Å². The molecule has 3 rings (SSSR count). The standard InChI is InChI=1S/C17H12F6N2O2S2/c18-16(19,20)9-5-2-1-4-8(9)12-11(13(26)10-6-3-7-29-10)15(27,17(21,22)23)25-14(28)24-12/h1-7,11-12,27H,(H2,24,25,28)/t11-,12-,15+/m1/s1. The number of Topliss-reactive ketones (excluding diaryl/α,β-unsaturated/α-hetero) is 1. The smallest absolute Gasteiger partial charge is 0.363 e. The van der Waals surface area contributed by atoms with E-state index in [-0.39, 0.29) is 4.88 Å². The van der Waals surface area contributed by atoms with Crippen LogP contribution in [0.4, 0.5) is 26.3 Å². The first-order valence-corrected chi connectivity index (χ1v) is 9.26. The van der Waals surface area contributed by atoms with Gasteiger partial charge in [-0.25, -0.2) is 0 Å². The first-order valence-electron chi connectivity index (χ1n) is 7.98. The highest BCUT2D eigenvalue weighted by Gasteiger charge is 2.66. The lowest BCUT2D eigenvalue weighted by atomic mass is 9.77. The van der Waals surface area contributed by atoms with Crippen LogP contribution in [-0.4, -0.2) is 27.9 Å². The molecule has 0 radical (unpaired) electrons. The SMILES string of the molecule is O=C(c1cccs1)[C@H]1[C@@H](c2ccccc2C(F)(F)F)NC(=S)N[C@@]1(O)C(F)(F)F. The Bertz CT molecular complexity index is 929. The summed E-state index contributed by atoms with van der Waals surface area (Å²) in [5.41, 5.74) is -5.75. The first kappa shape index (κ1) is 21.5. The van der Waals surface area contributed by atoms with Crippen molar-refractivity contribution >= 4 is 34.5 Å². The molecule has 4 nitrogen and oxygen atoms in total. The topological polar surface area (TPSA) is 61.4 Å². The summed E-state index contributed by atoms with van der Waals surface area (Å²) in [5, 5.41) is 15.1. The Labute approximate surface area is 169 Å². The van der Waals surface area contributed by atoms with Crippen LogP contribution in [0.3, 0.4) is 0 Å². The van der Waals surface area contributed by atoms with Crippen molar-refractivity contribution in [2.45, 2.75) is 24.1 Å². The van der Waals surface area contributed by atoms with E-state index < -0.39 is 52.1 Å². The van der Waals surface area contributed by atoms with Crippen molar-refractivity contribution in [2.75, 3.05) is 0 Å². The van der Waals surface area contributed by atoms with Crippen LogP contribution in [0.2, 0.25) is 0 Å². The number of thiophene rings is 1. The van der Waals surface area contributed by atoms with Gasteiger partial charge in [0, 0.05) is 0 Å². The zero-order valence-electron chi connectivity index (χ0n) is 14.1. The Balaban J connectivity index is 2.24. The van der Waals surface area contributed by atoms with E-state index in [0.29, 0.717) is 6.07 Å². The maximum Gasteiger partial charge on any atom is 0.437 e. The third kappa shape index (κ3) is 3.83. The minimum absolute atomic E-state index is 0.149. The van der Waals surface area contributed by atoms with E-state index >= 15 is 0 Å². The lowest BCUT2D eigenvalue weighted by Gasteiger charge is -2.46. The summed E-state index contributed by atoms with van der Waals surface area (Å²) in [5.74, 6) is -3.55. The number of nitrogens with one attached hydrogen (secondary N) is 2. The third-order valence-corrected chi connectivity index (χ3v) is 5.56. The summed E-state index contributed by atoms with van der Waals surface area (Å²) in [4.78, 5) is 12.8. The normalized spacial score (nSPS) is 25.3. The van der Waals surface area contributed by atoms with Gasteiger partial charge in [0.1, 0.15) is 5.92 Å². The van der Waals surface area contributed by atoms with Gasteiger partial charge in [-0.1, -0.05) is 24.3 Å². The number of rotatable bonds is 3. The molecule has 2 aromatic rings. The highest BCUT2D eigenvalue weighted by atomic mass is 32.1. The van der Waals surface area contributed by atoms with Crippen LogP contribution in [0.5, 0.6) is 0 Å². The summed E-state index contributed by atoms with van der Waals surface area (Å²) in [6.07, 6.45) is -10.3. The Morgan fingerprint density at radius 1 is 1.10 bits per heavy atom. The molecule has 1 aliphatic rings. The molecule has 29 heavy (non-hydrogen) atoms. The molecule has 0 saturated carbocycles. The molecule has 0 unspecified atom stereocenters. The molecule has 1 aromatic carbocycles. The number of hydrogen-bond acceptors (Lipinski definition) is 4. The quantitative estimate of drug-likeness (QED) is 0.371. The molecule has 1 aliphatic heterocycles. The number of aliphatic hydroxyl groups is 1. The molecule has 12 heteroatoms. The molecule has 3 atom stereocenters. The Morgan fingerprint density at radius 2 is 1.76 bits per heavy atom. The van der Waals surface area contributed by atoms with Gasteiger partial charge in [0.25, 0.3) is 0 Å². The molecule has 0 aliphatic carbocycles. The van der Waals surface area contributed by atoms with E-state index in [2.05, 4.69) is 5.32 Å². The Kier molecular flexibility index (Phi) is 5.39. The third-order valence-electron chi connectivity index (χ3n) is 4.45. The largest absolute Gasteiger partial charge is 0.437 e. The van der Waals surface area contributed by atoms with Gasteiger partial charge < -0.3 is 15.7 Å². The minimum atomic E-state index is -5.41. The molecule has 2 heterocycles. The number of thiocarbonyl (C=S) groups is 1. The predicted octanol–water partition coefficient (Wildman–Crippen LogP) is 4.04. The number of carbonyl (C=O) groups excluding carboxylic acids is 1. The fourth-order valence-corrected chi connectivity index (χ4v) is 4.18. The van der Waals surface area contributed by atoms with Crippen molar-refractivity contribution in [3.8, 4) is 0 Å². The summed E-state index contributed by atoms with van der Waals surface area (Å²) in [6, 6.07) is 4.62. The molecule has 0 bridgehead atoms. The van der Waals surface area contributed by atoms with Crippen molar-refractivity contribution in [1.29, 1.82) is 0 Å². The van der Waals surface area contributed by atoms with Gasteiger partial charge in [0.05, 0.1) is 16.5 Å². The summed E-state index contributed by atoms with van der Waals surface area (Å²) >= 11 is 5.51. The van der Waals surface area contributed by atoms with Crippen LogP contribution in [-0.2, 0) is 6.18 Å². The minimum Gasteiger partial charge on any atom is -0.363 e. The van der Waals surface area contributed by atoms with Crippen molar-refractivity contribution in [3.63, 3.8) is 0 Å². The molecule has 1 fully saturated rings. The lowest BCUT2D eigenvalue weighted by Crippen LogP contribution is -2.72. The van der Waals surface area contributed by atoms with Gasteiger partial charge in [-0.05, 0) is 35.3 Å². The van der Waals surface area contributed by atoms with Crippen LogP contribution < -0.4 is 10.6 Å². The number of halogens is 6. The summed E-state index contributed by atoms with van der Waals surface area (Å²) in [7, 11) is 0. The Morgan fingerprint density at radius 3 is 2.31 bits per heavy atom. The fraction of sp³-hybridized carbons (Fsp3) is 0.294. The molecule has 1 aromatic heterocycles. The molecule has 1 saturated heterocycles. The highest BCUT2D eigenvalue weighted by Crippen LogP contribution is 2.46. The molecule has 0 spiro atoms. The molecule has 3 N–H and O–H groups in total. The maximum atomic E-state index is 13.8. The molecular formula is C17H12F6N2O2S2. The van der Waals surface area contributed by atoms with Crippen molar-refractivity contribution in [2.24, 2.45) is 5.92 Å². The van der Waals surface area contributed by atoms with Gasteiger partial charge in [-0.15, -0.1) is 11.3 Å². The second-order valence-electron chi connectivity index (χ2n) is 6.24. The van der Waals surface area contributed by atoms with Gasteiger partial charge in [-0.3, -0.25) is 4.79 Å².